The predicted molar refractivity (Wildman–Crippen MR) is 186 cm³/mol. The Morgan fingerprint density at radius 3 is 2.07 bits per heavy atom. The minimum atomic E-state index is -4.20. The van der Waals surface area contributed by atoms with E-state index in [0.29, 0.717) is 26.9 Å². The molecule has 10 heteroatoms. The van der Waals surface area contributed by atoms with Crippen molar-refractivity contribution in [1.29, 1.82) is 0 Å². The molecule has 0 saturated carbocycles. The van der Waals surface area contributed by atoms with E-state index in [1.807, 2.05) is 70.2 Å². The van der Waals surface area contributed by atoms with Gasteiger partial charge in [-0.05, 0) is 87.2 Å². The Labute approximate surface area is 282 Å². The Balaban J connectivity index is 1.85. The SMILES string of the molecule is Cc1ccc(S(=O)(=O)N(CC(=O)N(Cc2ccc(Cl)c(Cl)c2)[C@H](Cc2ccccc2)C(=O)NC(C)C)c2cc(C)ccc2C)cc1. The average molecular weight is 681 g/mol. The lowest BCUT2D eigenvalue weighted by atomic mass is 10.0. The number of aryl methyl sites for hydroxylation is 3. The number of benzene rings is 4. The van der Waals surface area contributed by atoms with E-state index in [1.165, 1.54) is 17.0 Å². The fourth-order valence-electron chi connectivity index (χ4n) is 5.11. The first kappa shape index (κ1) is 35.0. The van der Waals surface area contributed by atoms with Gasteiger partial charge in [-0.25, -0.2) is 8.42 Å². The van der Waals surface area contributed by atoms with Gasteiger partial charge in [0.1, 0.15) is 12.6 Å². The molecule has 0 aliphatic heterocycles. The average Bonchev–Trinajstić information content (AvgIpc) is 3.01. The first-order valence-corrected chi connectivity index (χ1v) is 17.2. The maximum absolute atomic E-state index is 14.6. The topological polar surface area (TPSA) is 86.8 Å². The third-order valence-corrected chi connectivity index (χ3v) is 10.1. The summed E-state index contributed by atoms with van der Waals surface area (Å²) in [4.78, 5) is 29.9. The van der Waals surface area contributed by atoms with Crippen molar-refractivity contribution in [3.63, 3.8) is 0 Å². The fraction of sp³-hybridized carbons (Fsp3) is 0.278. The van der Waals surface area contributed by atoms with E-state index in [2.05, 4.69) is 5.32 Å². The molecule has 0 radical (unpaired) electrons. The Bertz CT molecular complexity index is 1800. The van der Waals surface area contributed by atoms with Gasteiger partial charge in [0.05, 0.1) is 20.6 Å². The third-order valence-electron chi connectivity index (χ3n) is 7.56. The Kier molecular flexibility index (Phi) is 11.5. The molecule has 0 aromatic heterocycles. The molecule has 7 nitrogen and oxygen atoms in total. The van der Waals surface area contributed by atoms with Crippen molar-refractivity contribution in [3.05, 3.63) is 129 Å². The molecule has 1 atom stereocenters. The van der Waals surface area contributed by atoms with E-state index in [0.717, 1.165) is 21.0 Å². The van der Waals surface area contributed by atoms with Gasteiger partial charge in [0.25, 0.3) is 10.0 Å². The first-order valence-electron chi connectivity index (χ1n) is 15.0. The Morgan fingerprint density at radius 2 is 1.43 bits per heavy atom. The highest BCUT2D eigenvalue weighted by atomic mass is 35.5. The lowest BCUT2D eigenvalue weighted by Crippen LogP contribution is -2.54. The molecule has 4 aromatic carbocycles. The van der Waals surface area contributed by atoms with Crippen molar-refractivity contribution in [3.8, 4) is 0 Å². The minimum absolute atomic E-state index is 0.00996. The molecular formula is C36H39Cl2N3O4S. The van der Waals surface area contributed by atoms with E-state index in [4.69, 9.17) is 23.2 Å². The van der Waals surface area contributed by atoms with Crippen LogP contribution in [-0.2, 0) is 32.6 Å². The number of sulfonamides is 1. The highest BCUT2D eigenvalue weighted by Gasteiger charge is 2.35. The van der Waals surface area contributed by atoms with E-state index in [9.17, 15) is 18.0 Å². The summed E-state index contributed by atoms with van der Waals surface area (Å²) in [6.45, 7) is 8.69. The van der Waals surface area contributed by atoms with Crippen LogP contribution in [0.1, 0.15) is 41.7 Å². The second kappa shape index (κ2) is 15.2. The number of hydrogen-bond donors (Lipinski definition) is 1. The van der Waals surface area contributed by atoms with Crippen molar-refractivity contribution in [2.45, 2.75) is 64.6 Å². The first-order chi connectivity index (χ1) is 21.8. The smallest absolute Gasteiger partial charge is 0.264 e. The van der Waals surface area contributed by atoms with Crippen LogP contribution in [0, 0.1) is 20.8 Å². The van der Waals surface area contributed by atoms with E-state index in [1.54, 1.807) is 43.3 Å². The van der Waals surface area contributed by atoms with Gasteiger partial charge in [0, 0.05) is 19.0 Å². The molecule has 4 rings (SSSR count). The molecule has 242 valence electrons. The summed E-state index contributed by atoms with van der Waals surface area (Å²) in [5.41, 5.74) is 4.29. The van der Waals surface area contributed by atoms with Gasteiger partial charge in [-0.1, -0.05) is 89.4 Å². The van der Waals surface area contributed by atoms with Crippen molar-refractivity contribution >= 4 is 50.7 Å². The zero-order valence-electron chi connectivity index (χ0n) is 26.6. The molecule has 0 aliphatic carbocycles. The number of halogens is 2. The van der Waals surface area contributed by atoms with Crippen molar-refractivity contribution < 1.29 is 18.0 Å². The highest BCUT2D eigenvalue weighted by Crippen LogP contribution is 2.30. The minimum Gasteiger partial charge on any atom is -0.352 e. The third kappa shape index (κ3) is 8.69. The summed E-state index contributed by atoms with van der Waals surface area (Å²) in [5.74, 6) is -0.908. The zero-order chi connectivity index (χ0) is 33.6. The van der Waals surface area contributed by atoms with Crippen molar-refractivity contribution in [2.75, 3.05) is 10.8 Å². The van der Waals surface area contributed by atoms with E-state index >= 15 is 0 Å². The molecule has 0 heterocycles. The van der Waals surface area contributed by atoms with Crippen molar-refractivity contribution in [2.24, 2.45) is 0 Å². The van der Waals surface area contributed by atoms with Crippen LogP contribution in [0.2, 0.25) is 10.0 Å². The molecule has 4 aromatic rings. The van der Waals surface area contributed by atoms with E-state index in [-0.39, 0.29) is 29.8 Å². The molecule has 1 N–H and O–H groups in total. The maximum Gasteiger partial charge on any atom is 0.264 e. The standard InChI is InChI=1S/C36H39Cl2N3O4S/c1-24(2)39-36(43)34(21-28-9-7-6-8-10-28)40(22-29-15-18-31(37)32(38)20-29)35(42)23-41(33-19-26(4)11-14-27(33)5)46(44,45)30-16-12-25(3)13-17-30/h6-20,24,34H,21-23H2,1-5H3,(H,39,43)/t34-/m1/s1. The number of carbonyl (C=O) groups excluding carboxylic acids is 2. The summed E-state index contributed by atoms with van der Waals surface area (Å²) in [6, 6.07) is 25.2. The monoisotopic (exact) mass is 679 g/mol. The fourth-order valence-corrected chi connectivity index (χ4v) is 6.90. The lowest BCUT2D eigenvalue weighted by molar-refractivity contribution is -0.140. The second-order valence-electron chi connectivity index (χ2n) is 11.8. The maximum atomic E-state index is 14.6. The van der Waals surface area contributed by atoms with Crippen LogP contribution in [0.4, 0.5) is 5.69 Å². The number of nitrogens with one attached hydrogen (secondary N) is 1. The van der Waals surface area contributed by atoms with Crippen LogP contribution in [-0.4, -0.2) is 43.8 Å². The highest BCUT2D eigenvalue weighted by molar-refractivity contribution is 7.92. The molecule has 0 unspecified atom stereocenters. The molecule has 0 aliphatic rings. The van der Waals surface area contributed by atoms with Crippen LogP contribution < -0.4 is 9.62 Å². The van der Waals surface area contributed by atoms with Gasteiger partial charge in [0.15, 0.2) is 0 Å². The normalized spacial score (nSPS) is 12.1. The van der Waals surface area contributed by atoms with Crippen LogP contribution in [0.5, 0.6) is 0 Å². The largest absolute Gasteiger partial charge is 0.352 e. The molecule has 2 amide bonds. The number of hydrogen-bond acceptors (Lipinski definition) is 4. The summed E-state index contributed by atoms with van der Waals surface area (Å²) in [7, 11) is -4.20. The quantitative estimate of drug-likeness (QED) is 0.171. The Morgan fingerprint density at radius 1 is 0.783 bits per heavy atom. The molecule has 0 bridgehead atoms. The number of nitrogens with zero attached hydrogens (tertiary/aromatic N) is 2. The van der Waals surface area contributed by atoms with Gasteiger partial charge >= 0.3 is 0 Å². The summed E-state index contributed by atoms with van der Waals surface area (Å²) >= 11 is 12.5. The van der Waals surface area contributed by atoms with Crippen LogP contribution in [0.15, 0.2) is 95.9 Å². The van der Waals surface area contributed by atoms with Crippen LogP contribution in [0.3, 0.4) is 0 Å². The summed E-state index contributed by atoms with van der Waals surface area (Å²) < 4.78 is 29.7. The van der Waals surface area contributed by atoms with Crippen LogP contribution >= 0.6 is 23.2 Å². The van der Waals surface area contributed by atoms with Crippen molar-refractivity contribution in [1.82, 2.24) is 10.2 Å². The summed E-state index contributed by atoms with van der Waals surface area (Å²) in [6.07, 6.45) is 0.209. The molecule has 46 heavy (non-hydrogen) atoms. The molecular weight excluding hydrogens is 641 g/mol. The molecule has 0 spiro atoms. The molecule has 0 saturated heterocycles. The lowest BCUT2D eigenvalue weighted by Gasteiger charge is -2.34. The number of carbonyl (C=O) groups is 2. The van der Waals surface area contributed by atoms with Gasteiger partial charge in [-0.2, -0.15) is 0 Å². The predicted octanol–water partition coefficient (Wildman–Crippen LogP) is 7.28. The number of anilines is 1. The van der Waals surface area contributed by atoms with Gasteiger partial charge in [0.2, 0.25) is 11.8 Å². The van der Waals surface area contributed by atoms with Gasteiger partial charge < -0.3 is 10.2 Å². The Hall–Kier alpha value is -3.85. The number of amides is 2. The van der Waals surface area contributed by atoms with Gasteiger partial charge in [-0.3, -0.25) is 13.9 Å². The van der Waals surface area contributed by atoms with Crippen LogP contribution in [0.25, 0.3) is 0 Å². The summed E-state index contributed by atoms with van der Waals surface area (Å²) in [5, 5.41) is 3.61. The zero-order valence-corrected chi connectivity index (χ0v) is 29.0. The number of rotatable bonds is 12. The molecule has 0 fully saturated rings. The van der Waals surface area contributed by atoms with E-state index < -0.39 is 28.5 Å². The second-order valence-corrected chi connectivity index (χ2v) is 14.4. The van der Waals surface area contributed by atoms with Gasteiger partial charge in [-0.15, -0.1) is 0 Å².